The molecule has 1 fully saturated rings. The van der Waals surface area contributed by atoms with Crippen LogP contribution in [0.2, 0.25) is 0 Å². The SMILES string of the molecule is Cc1ccc2c(c1)[C@H]1CN(C)CCC[C@@H]1N2CCC(=O)O. The number of likely N-dealkylation sites (tertiary alicyclic amines) is 1. The molecule has 1 saturated heterocycles. The fourth-order valence-corrected chi connectivity index (χ4v) is 3.91. The van der Waals surface area contributed by atoms with Crippen LogP contribution in [0.1, 0.15) is 36.3 Å². The quantitative estimate of drug-likeness (QED) is 0.928. The van der Waals surface area contributed by atoms with Crippen LogP contribution < -0.4 is 4.90 Å². The van der Waals surface area contributed by atoms with Crippen LogP contribution in [-0.4, -0.2) is 48.7 Å². The maximum absolute atomic E-state index is 11.0. The molecule has 0 bridgehead atoms. The minimum absolute atomic E-state index is 0.215. The number of benzene rings is 1. The van der Waals surface area contributed by atoms with Crippen molar-refractivity contribution in [3.63, 3.8) is 0 Å². The molecule has 4 heteroatoms. The second-order valence-corrected chi connectivity index (χ2v) is 6.48. The Kier molecular flexibility index (Phi) is 3.89. The molecule has 2 atom stereocenters. The lowest BCUT2D eigenvalue weighted by Crippen LogP contribution is -2.37. The van der Waals surface area contributed by atoms with Crippen molar-refractivity contribution in [1.29, 1.82) is 0 Å². The Hall–Kier alpha value is -1.55. The number of carboxylic acids is 1. The van der Waals surface area contributed by atoms with Crippen LogP contribution in [0.15, 0.2) is 18.2 Å². The van der Waals surface area contributed by atoms with E-state index in [0.717, 1.165) is 19.5 Å². The number of anilines is 1. The lowest BCUT2D eigenvalue weighted by Gasteiger charge is -2.29. The van der Waals surface area contributed by atoms with Gasteiger partial charge in [0.2, 0.25) is 0 Å². The van der Waals surface area contributed by atoms with Gasteiger partial charge in [-0.2, -0.15) is 0 Å². The topological polar surface area (TPSA) is 43.8 Å². The number of aryl methyl sites for hydroxylation is 1. The molecule has 3 rings (SSSR count). The van der Waals surface area contributed by atoms with E-state index < -0.39 is 5.97 Å². The minimum atomic E-state index is -0.710. The van der Waals surface area contributed by atoms with Crippen LogP contribution in [0.4, 0.5) is 5.69 Å². The lowest BCUT2D eigenvalue weighted by molar-refractivity contribution is -0.136. The number of rotatable bonds is 3. The molecule has 1 aromatic rings. The Morgan fingerprint density at radius 3 is 3.00 bits per heavy atom. The molecule has 21 heavy (non-hydrogen) atoms. The van der Waals surface area contributed by atoms with Gasteiger partial charge in [-0.1, -0.05) is 17.7 Å². The first-order valence-electron chi connectivity index (χ1n) is 7.84. The Morgan fingerprint density at radius 1 is 1.43 bits per heavy atom. The van der Waals surface area contributed by atoms with Crippen LogP contribution in [0.25, 0.3) is 0 Å². The van der Waals surface area contributed by atoms with Gasteiger partial charge in [0, 0.05) is 30.7 Å². The summed E-state index contributed by atoms with van der Waals surface area (Å²) in [6, 6.07) is 7.08. The second kappa shape index (κ2) is 5.68. The highest BCUT2D eigenvalue weighted by Crippen LogP contribution is 2.44. The summed E-state index contributed by atoms with van der Waals surface area (Å²) in [6.45, 7) is 4.97. The van der Waals surface area contributed by atoms with Gasteiger partial charge in [-0.25, -0.2) is 0 Å². The number of aliphatic carboxylic acids is 1. The van der Waals surface area contributed by atoms with Crippen LogP contribution in [-0.2, 0) is 4.79 Å². The molecule has 2 heterocycles. The predicted molar refractivity (Wildman–Crippen MR) is 84.0 cm³/mol. The van der Waals surface area contributed by atoms with Gasteiger partial charge in [0.25, 0.3) is 0 Å². The highest BCUT2D eigenvalue weighted by molar-refractivity contribution is 5.69. The van der Waals surface area contributed by atoms with E-state index in [9.17, 15) is 4.79 Å². The summed E-state index contributed by atoms with van der Waals surface area (Å²) in [4.78, 5) is 15.7. The molecule has 0 aromatic heterocycles. The van der Waals surface area contributed by atoms with Crippen molar-refractivity contribution in [3.05, 3.63) is 29.3 Å². The van der Waals surface area contributed by atoms with Crippen molar-refractivity contribution in [2.45, 2.75) is 38.1 Å². The number of fused-ring (bicyclic) bond motifs is 3. The molecule has 0 unspecified atom stereocenters. The first kappa shape index (κ1) is 14.4. The first-order valence-corrected chi connectivity index (χ1v) is 7.84. The molecule has 0 spiro atoms. The average Bonchev–Trinajstić information content (AvgIpc) is 2.57. The molecule has 2 aliphatic heterocycles. The van der Waals surface area contributed by atoms with Crippen molar-refractivity contribution >= 4 is 11.7 Å². The first-order chi connectivity index (χ1) is 10.1. The van der Waals surface area contributed by atoms with Gasteiger partial charge in [0.15, 0.2) is 0 Å². The summed E-state index contributed by atoms with van der Waals surface area (Å²) in [7, 11) is 2.19. The minimum Gasteiger partial charge on any atom is -0.481 e. The largest absolute Gasteiger partial charge is 0.481 e. The maximum Gasteiger partial charge on any atom is 0.305 e. The van der Waals surface area contributed by atoms with Crippen LogP contribution in [0.3, 0.4) is 0 Å². The standard InChI is InChI=1S/C17H24N2O2/c1-12-5-6-16-13(10-12)14-11-18(2)8-3-4-15(14)19(16)9-7-17(20)21/h5-6,10,14-15H,3-4,7-9,11H2,1-2H3,(H,20,21)/t14-,15+/m1/s1. The average molecular weight is 288 g/mol. The highest BCUT2D eigenvalue weighted by atomic mass is 16.4. The fourth-order valence-electron chi connectivity index (χ4n) is 3.91. The van der Waals surface area contributed by atoms with Gasteiger partial charge in [-0.05, 0) is 45.0 Å². The van der Waals surface area contributed by atoms with Crippen LogP contribution in [0.5, 0.6) is 0 Å². The van der Waals surface area contributed by atoms with Crippen molar-refractivity contribution in [3.8, 4) is 0 Å². The zero-order valence-corrected chi connectivity index (χ0v) is 12.9. The zero-order valence-electron chi connectivity index (χ0n) is 12.9. The Labute approximate surface area is 126 Å². The monoisotopic (exact) mass is 288 g/mol. The predicted octanol–water partition coefficient (Wildman–Crippen LogP) is 2.47. The third-order valence-corrected chi connectivity index (χ3v) is 4.87. The molecule has 0 amide bonds. The molecule has 1 aromatic carbocycles. The third kappa shape index (κ3) is 2.77. The molecular weight excluding hydrogens is 264 g/mol. The van der Waals surface area contributed by atoms with Gasteiger partial charge >= 0.3 is 5.97 Å². The van der Waals surface area contributed by atoms with E-state index in [4.69, 9.17) is 5.11 Å². The summed E-state index contributed by atoms with van der Waals surface area (Å²) in [5.41, 5.74) is 3.96. The van der Waals surface area contributed by atoms with E-state index in [1.165, 1.54) is 23.2 Å². The molecule has 0 saturated carbocycles. The van der Waals surface area contributed by atoms with E-state index in [-0.39, 0.29) is 6.42 Å². The van der Waals surface area contributed by atoms with E-state index in [1.807, 2.05) is 0 Å². The summed E-state index contributed by atoms with van der Waals surface area (Å²) in [5, 5.41) is 9.02. The van der Waals surface area contributed by atoms with Crippen molar-refractivity contribution < 1.29 is 9.90 Å². The summed E-state index contributed by atoms with van der Waals surface area (Å²) >= 11 is 0. The lowest BCUT2D eigenvalue weighted by atomic mass is 9.92. The van der Waals surface area contributed by atoms with E-state index >= 15 is 0 Å². The van der Waals surface area contributed by atoms with E-state index in [1.54, 1.807) is 0 Å². The number of carboxylic acid groups (broad SMARTS) is 1. The number of carbonyl (C=O) groups is 1. The summed E-state index contributed by atoms with van der Waals surface area (Å²) in [5.74, 6) is -0.195. The van der Waals surface area contributed by atoms with Crippen LogP contribution >= 0.6 is 0 Å². The molecule has 4 nitrogen and oxygen atoms in total. The highest BCUT2D eigenvalue weighted by Gasteiger charge is 2.39. The Morgan fingerprint density at radius 2 is 2.24 bits per heavy atom. The number of hydrogen-bond acceptors (Lipinski definition) is 3. The molecular formula is C17H24N2O2. The molecule has 0 aliphatic carbocycles. The van der Waals surface area contributed by atoms with Crippen molar-refractivity contribution in [2.75, 3.05) is 31.6 Å². The Bertz CT molecular complexity index is 544. The van der Waals surface area contributed by atoms with Gasteiger partial charge in [-0.3, -0.25) is 4.79 Å². The fraction of sp³-hybridized carbons (Fsp3) is 0.588. The Balaban J connectivity index is 1.94. The maximum atomic E-state index is 11.0. The van der Waals surface area contributed by atoms with Gasteiger partial charge in [0.05, 0.1) is 6.42 Å². The number of hydrogen-bond donors (Lipinski definition) is 1. The number of likely N-dealkylation sites (N-methyl/N-ethyl adjacent to an activating group) is 1. The smallest absolute Gasteiger partial charge is 0.305 e. The number of nitrogens with zero attached hydrogens (tertiary/aromatic N) is 2. The van der Waals surface area contributed by atoms with Gasteiger partial charge < -0.3 is 14.9 Å². The molecule has 114 valence electrons. The van der Waals surface area contributed by atoms with E-state index in [0.29, 0.717) is 18.5 Å². The van der Waals surface area contributed by atoms with Crippen molar-refractivity contribution in [2.24, 2.45) is 0 Å². The van der Waals surface area contributed by atoms with Gasteiger partial charge in [-0.15, -0.1) is 0 Å². The summed E-state index contributed by atoms with van der Waals surface area (Å²) in [6.07, 6.45) is 2.56. The molecule has 2 aliphatic rings. The van der Waals surface area contributed by atoms with Gasteiger partial charge in [0.1, 0.15) is 0 Å². The van der Waals surface area contributed by atoms with Crippen LogP contribution in [0, 0.1) is 6.92 Å². The molecule has 1 N–H and O–H groups in total. The second-order valence-electron chi connectivity index (χ2n) is 6.48. The zero-order chi connectivity index (χ0) is 15.0. The summed E-state index contributed by atoms with van der Waals surface area (Å²) < 4.78 is 0. The van der Waals surface area contributed by atoms with Crippen molar-refractivity contribution in [1.82, 2.24) is 4.90 Å². The molecule has 0 radical (unpaired) electrons. The van der Waals surface area contributed by atoms with E-state index in [2.05, 4.69) is 42.0 Å². The normalized spacial score (nSPS) is 25.3. The third-order valence-electron chi connectivity index (χ3n) is 4.87.